The first-order chi connectivity index (χ1) is 18.7. The molecule has 1 aliphatic heterocycles. The van der Waals surface area contributed by atoms with Crippen molar-refractivity contribution >= 4 is 47.9 Å². The van der Waals surface area contributed by atoms with Crippen molar-refractivity contribution in [3.63, 3.8) is 0 Å². The summed E-state index contributed by atoms with van der Waals surface area (Å²) in [6, 6.07) is 24.1. The normalized spacial score (nSPS) is 14.1. The maximum atomic E-state index is 13.4. The van der Waals surface area contributed by atoms with Gasteiger partial charge in [0.15, 0.2) is 15.6 Å². The molecule has 6 rings (SSSR count). The summed E-state index contributed by atoms with van der Waals surface area (Å²) >= 11 is 0. The molecule has 1 aromatic heterocycles. The summed E-state index contributed by atoms with van der Waals surface area (Å²) in [4.78, 5) is 16.6. The van der Waals surface area contributed by atoms with Crippen LogP contribution < -0.4 is 0 Å². The van der Waals surface area contributed by atoms with Gasteiger partial charge in [-0.15, -0.1) is 29.8 Å². The number of fused-ring (bicyclic) bond motifs is 6. The van der Waals surface area contributed by atoms with Crippen LogP contribution in [0.2, 0.25) is 0 Å². The van der Waals surface area contributed by atoms with Crippen LogP contribution in [0.15, 0.2) is 94.6 Å². The first-order valence-electron chi connectivity index (χ1n) is 13.2. The van der Waals surface area contributed by atoms with Gasteiger partial charge in [-0.25, -0.2) is 8.42 Å². The van der Waals surface area contributed by atoms with Crippen LogP contribution in [0, 0.1) is 16.9 Å². The zero-order chi connectivity index (χ0) is 29.0. The SMILES string of the molecule is CC(C)(C)C(=O)/C=C(\O)C(C)(C)C.O=S1(=O)c2ccc[c-]c2-c2nccc3c2c1cc1c2ccccc2ccc31.[Ir]. The molecule has 4 aromatic carbocycles. The van der Waals surface area contributed by atoms with Crippen LogP contribution in [0.1, 0.15) is 41.5 Å². The minimum Gasteiger partial charge on any atom is -0.512 e. The fraction of sp³-hybridized carbons (Fsp3) is 0.235. The predicted octanol–water partition coefficient (Wildman–Crippen LogP) is 8.24. The van der Waals surface area contributed by atoms with Crippen molar-refractivity contribution in [3.05, 3.63) is 90.8 Å². The van der Waals surface area contributed by atoms with Gasteiger partial charge in [-0.3, -0.25) is 4.79 Å². The van der Waals surface area contributed by atoms with E-state index in [-0.39, 0.29) is 42.0 Å². The molecule has 213 valence electrons. The molecule has 0 unspecified atom stereocenters. The Hall–Kier alpha value is -3.38. The van der Waals surface area contributed by atoms with E-state index >= 15 is 0 Å². The topological polar surface area (TPSA) is 84.3 Å². The molecule has 1 N–H and O–H groups in total. The quantitative estimate of drug-likeness (QED) is 0.0795. The van der Waals surface area contributed by atoms with Gasteiger partial charge in [0.25, 0.3) is 0 Å². The van der Waals surface area contributed by atoms with Crippen LogP contribution in [0.25, 0.3) is 43.6 Å². The average molecular weight is 743 g/mol. The molecular weight excluding hydrogens is 711 g/mol. The van der Waals surface area contributed by atoms with Crippen LogP contribution in [0.4, 0.5) is 0 Å². The maximum absolute atomic E-state index is 13.4. The van der Waals surface area contributed by atoms with Gasteiger partial charge in [0.2, 0.25) is 0 Å². The predicted molar refractivity (Wildman–Crippen MR) is 161 cm³/mol. The van der Waals surface area contributed by atoms with Crippen LogP contribution in [-0.2, 0) is 34.7 Å². The number of carbonyl (C=O) groups excluding carboxylic acids is 1. The number of hydrogen-bond acceptors (Lipinski definition) is 5. The van der Waals surface area contributed by atoms with Crippen LogP contribution in [-0.4, -0.2) is 24.3 Å². The first-order valence-corrected chi connectivity index (χ1v) is 14.6. The summed E-state index contributed by atoms with van der Waals surface area (Å²) in [5.74, 6) is 0.104. The Kier molecular flexibility index (Phi) is 8.05. The van der Waals surface area contributed by atoms with E-state index in [1.165, 1.54) is 6.08 Å². The Morgan fingerprint density at radius 1 is 0.829 bits per heavy atom. The molecular formula is C34H32IrNO4S-. The molecule has 0 aliphatic carbocycles. The number of benzene rings is 4. The number of aliphatic hydroxyl groups is 1. The molecule has 0 amide bonds. The molecule has 0 saturated carbocycles. The van der Waals surface area contributed by atoms with Gasteiger partial charge < -0.3 is 10.1 Å². The molecule has 41 heavy (non-hydrogen) atoms. The molecule has 7 heteroatoms. The van der Waals surface area contributed by atoms with E-state index in [2.05, 4.69) is 23.2 Å². The largest absolute Gasteiger partial charge is 0.512 e. The van der Waals surface area contributed by atoms with Crippen LogP contribution >= 0.6 is 0 Å². The molecule has 5 aromatic rings. The van der Waals surface area contributed by atoms with Gasteiger partial charge in [-0.05, 0) is 55.0 Å². The van der Waals surface area contributed by atoms with Gasteiger partial charge in [0, 0.05) is 43.2 Å². The summed E-state index contributed by atoms with van der Waals surface area (Å²) in [6.45, 7) is 11.1. The Morgan fingerprint density at radius 2 is 1.54 bits per heavy atom. The van der Waals surface area contributed by atoms with Crippen LogP contribution in [0.3, 0.4) is 0 Å². The van der Waals surface area contributed by atoms with E-state index < -0.39 is 15.3 Å². The molecule has 0 bridgehead atoms. The Labute approximate surface area is 254 Å². The number of rotatable bonds is 1. The van der Waals surface area contributed by atoms with Crippen molar-refractivity contribution in [1.82, 2.24) is 4.98 Å². The van der Waals surface area contributed by atoms with Crippen molar-refractivity contribution in [3.8, 4) is 11.3 Å². The number of pyridine rings is 1. The van der Waals surface area contributed by atoms with Crippen molar-refractivity contribution < 1.29 is 38.4 Å². The zero-order valence-corrected chi connectivity index (χ0v) is 27.1. The molecule has 0 saturated heterocycles. The van der Waals surface area contributed by atoms with Gasteiger partial charge >= 0.3 is 0 Å². The zero-order valence-electron chi connectivity index (χ0n) is 23.9. The van der Waals surface area contributed by atoms with Crippen molar-refractivity contribution in [2.45, 2.75) is 51.3 Å². The Balaban J connectivity index is 0.000000239. The minimum atomic E-state index is -3.64. The maximum Gasteiger partial charge on any atom is 0.172 e. The first kappa shape index (κ1) is 30.6. The Morgan fingerprint density at radius 3 is 2.22 bits per heavy atom. The summed E-state index contributed by atoms with van der Waals surface area (Å²) < 4.78 is 26.8. The Bertz CT molecular complexity index is 1960. The van der Waals surface area contributed by atoms with Gasteiger partial charge in [0.05, 0.1) is 4.90 Å². The van der Waals surface area contributed by atoms with Crippen molar-refractivity contribution in [2.75, 3.05) is 0 Å². The van der Waals surface area contributed by atoms with Gasteiger partial charge in [-0.2, -0.15) is 0 Å². The fourth-order valence-corrected chi connectivity index (χ4v) is 6.40. The molecule has 1 radical (unpaired) electrons. The van der Waals surface area contributed by atoms with E-state index in [0.717, 1.165) is 26.9 Å². The molecule has 1 aliphatic rings. The van der Waals surface area contributed by atoms with E-state index in [1.807, 2.05) is 77.9 Å². The number of ketones is 1. The minimum absolute atomic E-state index is 0. The number of aromatic nitrogens is 1. The average Bonchev–Trinajstić information content (AvgIpc) is 2.90. The number of hydrogen-bond donors (Lipinski definition) is 1. The molecule has 0 atom stereocenters. The van der Waals surface area contributed by atoms with Gasteiger partial charge in [-0.1, -0.05) is 77.9 Å². The van der Waals surface area contributed by atoms with Crippen molar-refractivity contribution in [2.24, 2.45) is 10.8 Å². The monoisotopic (exact) mass is 743 g/mol. The summed E-state index contributed by atoms with van der Waals surface area (Å²) in [7, 11) is -3.64. The van der Waals surface area contributed by atoms with Crippen molar-refractivity contribution in [1.29, 1.82) is 0 Å². The summed E-state index contributed by atoms with van der Waals surface area (Å²) in [6.07, 6.45) is 3.08. The molecule has 0 spiro atoms. The standard InChI is InChI=1S/C23H12NO2S.C11H20O2.Ir/c25-27(26)20-8-4-3-7-18(20)23-22-17(11-12-24-23)16-10-9-14-5-1-2-6-15(14)19(16)13-21(22)27;1-10(2,3)8(12)7-9(13)11(4,5)6;/h1-6,8-13H;7,12H,1-6H3;/q-1;;/b;8-7-;. The third-order valence-electron chi connectivity index (χ3n) is 7.14. The van der Waals surface area contributed by atoms with E-state index in [9.17, 15) is 18.3 Å². The second-order valence-corrected chi connectivity index (χ2v) is 14.0. The van der Waals surface area contributed by atoms with Crippen LogP contribution in [0.5, 0.6) is 0 Å². The number of allylic oxidation sites excluding steroid dienone is 2. The number of nitrogens with zero attached hydrogens (tertiary/aromatic N) is 1. The van der Waals surface area contributed by atoms with Gasteiger partial charge in [0.1, 0.15) is 5.76 Å². The number of sulfone groups is 1. The third-order valence-corrected chi connectivity index (χ3v) is 8.96. The molecule has 0 fully saturated rings. The second kappa shape index (κ2) is 10.8. The molecule has 5 nitrogen and oxygen atoms in total. The summed E-state index contributed by atoms with van der Waals surface area (Å²) in [5.41, 5.74) is 0.471. The second-order valence-electron chi connectivity index (χ2n) is 12.1. The number of aliphatic hydroxyl groups excluding tert-OH is 1. The van der Waals surface area contributed by atoms with E-state index in [1.54, 1.807) is 24.4 Å². The number of carbonyl (C=O) groups is 1. The van der Waals surface area contributed by atoms with E-state index in [0.29, 0.717) is 21.5 Å². The fourth-order valence-electron chi connectivity index (χ4n) is 4.73. The smallest absolute Gasteiger partial charge is 0.172 e. The van der Waals surface area contributed by atoms with E-state index in [4.69, 9.17) is 0 Å². The summed E-state index contributed by atoms with van der Waals surface area (Å²) in [5, 5.41) is 15.3. The molecule has 2 heterocycles. The third kappa shape index (κ3) is 5.46.